The Bertz CT molecular complexity index is 486. The zero-order valence-electron chi connectivity index (χ0n) is 11.9. The molecule has 6 nitrogen and oxygen atoms in total. The zero-order valence-corrected chi connectivity index (χ0v) is 11.9. The van der Waals surface area contributed by atoms with E-state index in [-0.39, 0.29) is 31.8 Å². The third-order valence-electron chi connectivity index (χ3n) is 2.76. The minimum Gasteiger partial charge on any atom is -0.480 e. The van der Waals surface area contributed by atoms with E-state index >= 15 is 0 Å². The van der Waals surface area contributed by atoms with E-state index in [1.807, 2.05) is 30.3 Å². The molecule has 0 aliphatic heterocycles. The summed E-state index contributed by atoms with van der Waals surface area (Å²) >= 11 is 0. The molecule has 0 heterocycles. The Balaban J connectivity index is 2.33. The van der Waals surface area contributed by atoms with E-state index in [2.05, 4.69) is 5.32 Å². The quantitative estimate of drug-likeness (QED) is 0.712. The normalized spacial score (nSPS) is 11.7. The molecule has 0 unspecified atom stereocenters. The van der Waals surface area contributed by atoms with Crippen LogP contribution in [0.4, 0.5) is 0 Å². The monoisotopic (exact) mass is 293 g/mol. The summed E-state index contributed by atoms with van der Waals surface area (Å²) in [5.41, 5.74) is 0.927. The molecule has 0 saturated carbocycles. The van der Waals surface area contributed by atoms with Gasteiger partial charge in [-0.05, 0) is 18.9 Å². The van der Waals surface area contributed by atoms with Crippen LogP contribution in [0.5, 0.6) is 0 Å². The van der Waals surface area contributed by atoms with E-state index in [9.17, 15) is 14.4 Å². The molecule has 0 radical (unpaired) electrons. The summed E-state index contributed by atoms with van der Waals surface area (Å²) in [6, 6.07) is 8.27. The molecule has 1 amide bonds. The number of ether oxygens (including phenoxy) is 1. The highest BCUT2D eigenvalue weighted by atomic mass is 16.5. The van der Waals surface area contributed by atoms with Crippen molar-refractivity contribution in [3.8, 4) is 0 Å². The van der Waals surface area contributed by atoms with Crippen molar-refractivity contribution in [2.24, 2.45) is 0 Å². The van der Waals surface area contributed by atoms with Crippen LogP contribution in [0.1, 0.15) is 25.3 Å². The lowest BCUT2D eigenvalue weighted by atomic mass is 10.1. The van der Waals surface area contributed by atoms with E-state index in [1.54, 1.807) is 0 Å². The number of carboxylic acids is 1. The molecule has 1 aromatic carbocycles. The average molecular weight is 293 g/mol. The number of carbonyl (C=O) groups is 3. The summed E-state index contributed by atoms with van der Waals surface area (Å²) in [6.45, 7) is 1.43. The molecular formula is C15H19NO5. The van der Waals surface area contributed by atoms with E-state index < -0.39 is 17.9 Å². The summed E-state index contributed by atoms with van der Waals surface area (Å²) in [5, 5.41) is 11.3. The first-order valence-corrected chi connectivity index (χ1v) is 6.62. The molecule has 0 spiro atoms. The topological polar surface area (TPSA) is 92.7 Å². The van der Waals surface area contributed by atoms with Gasteiger partial charge in [-0.2, -0.15) is 0 Å². The molecule has 114 valence electrons. The highest BCUT2D eigenvalue weighted by molar-refractivity contribution is 5.85. The minimum absolute atomic E-state index is 0.0785. The van der Waals surface area contributed by atoms with Gasteiger partial charge in [0.25, 0.3) is 0 Å². The van der Waals surface area contributed by atoms with Crippen LogP contribution in [0.25, 0.3) is 0 Å². The maximum atomic E-state index is 11.6. The Morgan fingerprint density at radius 1 is 1.24 bits per heavy atom. The second-order valence-corrected chi connectivity index (χ2v) is 4.68. The van der Waals surface area contributed by atoms with Crippen LogP contribution in [0, 0.1) is 0 Å². The molecule has 0 fully saturated rings. The molecule has 6 heteroatoms. The van der Waals surface area contributed by atoms with Crippen molar-refractivity contribution >= 4 is 17.7 Å². The predicted molar refractivity (Wildman–Crippen MR) is 75.6 cm³/mol. The van der Waals surface area contributed by atoms with Crippen molar-refractivity contribution < 1.29 is 24.2 Å². The SMILES string of the molecule is CC(=O)CC[C@@H](NC(=O)COCc1ccccc1)C(=O)O. The highest BCUT2D eigenvalue weighted by Crippen LogP contribution is 2.01. The zero-order chi connectivity index (χ0) is 15.7. The van der Waals surface area contributed by atoms with Gasteiger partial charge in [0.2, 0.25) is 5.91 Å². The minimum atomic E-state index is -1.16. The Labute approximate surface area is 123 Å². The Morgan fingerprint density at radius 2 is 1.90 bits per heavy atom. The highest BCUT2D eigenvalue weighted by Gasteiger charge is 2.20. The lowest BCUT2D eigenvalue weighted by Crippen LogP contribution is -2.42. The standard InChI is InChI=1S/C15H19NO5/c1-11(17)7-8-13(15(19)20)16-14(18)10-21-9-12-5-3-2-4-6-12/h2-6,13H,7-10H2,1H3,(H,16,18)(H,19,20)/t13-/m1/s1. The summed E-state index contributed by atoms with van der Waals surface area (Å²) in [4.78, 5) is 33.4. The van der Waals surface area contributed by atoms with Crippen molar-refractivity contribution in [3.63, 3.8) is 0 Å². The van der Waals surface area contributed by atoms with Crippen molar-refractivity contribution in [2.45, 2.75) is 32.4 Å². The lowest BCUT2D eigenvalue weighted by molar-refractivity contribution is -0.143. The number of hydrogen-bond donors (Lipinski definition) is 2. The van der Waals surface area contributed by atoms with Crippen molar-refractivity contribution in [3.05, 3.63) is 35.9 Å². The fraction of sp³-hybridized carbons (Fsp3) is 0.400. The van der Waals surface area contributed by atoms with E-state index in [0.717, 1.165) is 5.56 Å². The van der Waals surface area contributed by atoms with Crippen LogP contribution >= 0.6 is 0 Å². The second-order valence-electron chi connectivity index (χ2n) is 4.68. The molecule has 1 aromatic rings. The van der Waals surface area contributed by atoms with Crippen LogP contribution in [0.15, 0.2) is 30.3 Å². The van der Waals surface area contributed by atoms with Gasteiger partial charge in [0.1, 0.15) is 18.4 Å². The number of benzene rings is 1. The molecular weight excluding hydrogens is 274 g/mol. The summed E-state index contributed by atoms with van der Waals surface area (Å²) in [6.07, 6.45) is 0.192. The van der Waals surface area contributed by atoms with Crippen LogP contribution in [0.3, 0.4) is 0 Å². The Morgan fingerprint density at radius 3 is 2.48 bits per heavy atom. The second kappa shape index (κ2) is 8.86. The summed E-state index contributed by atoms with van der Waals surface area (Å²) < 4.78 is 5.22. The predicted octanol–water partition coefficient (Wildman–Crippen LogP) is 1.14. The number of rotatable bonds is 9. The molecule has 1 atom stereocenters. The van der Waals surface area contributed by atoms with Crippen LogP contribution in [0.2, 0.25) is 0 Å². The maximum absolute atomic E-state index is 11.6. The van der Waals surface area contributed by atoms with Crippen molar-refractivity contribution in [1.29, 1.82) is 0 Å². The van der Waals surface area contributed by atoms with E-state index in [1.165, 1.54) is 6.92 Å². The van der Waals surface area contributed by atoms with Gasteiger partial charge < -0.3 is 20.0 Å². The van der Waals surface area contributed by atoms with Gasteiger partial charge in [-0.15, -0.1) is 0 Å². The number of ketones is 1. The van der Waals surface area contributed by atoms with Crippen LogP contribution in [-0.4, -0.2) is 35.4 Å². The first-order chi connectivity index (χ1) is 9.99. The fourth-order valence-electron chi connectivity index (χ4n) is 1.68. The van der Waals surface area contributed by atoms with Gasteiger partial charge in [-0.3, -0.25) is 4.79 Å². The number of carboxylic acid groups (broad SMARTS) is 1. The van der Waals surface area contributed by atoms with Gasteiger partial charge in [0.15, 0.2) is 0 Å². The van der Waals surface area contributed by atoms with E-state index in [4.69, 9.17) is 9.84 Å². The largest absolute Gasteiger partial charge is 0.480 e. The molecule has 21 heavy (non-hydrogen) atoms. The molecule has 2 N–H and O–H groups in total. The van der Waals surface area contributed by atoms with Gasteiger partial charge in [-0.25, -0.2) is 4.79 Å². The number of hydrogen-bond acceptors (Lipinski definition) is 4. The third-order valence-corrected chi connectivity index (χ3v) is 2.76. The van der Waals surface area contributed by atoms with Gasteiger partial charge in [0, 0.05) is 6.42 Å². The van der Waals surface area contributed by atoms with Gasteiger partial charge in [0.05, 0.1) is 6.61 Å². The van der Waals surface area contributed by atoms with Crippen molar-refractivity contribution in [2.75, 3.05) is 6.61 Å². The first-order valence-electron chi connectivity index (χ1n) is 6.62. The molecule has 0 aromatic heterocycles. The van der Waals surface area contributed by atoms with Crippen LogP contribution < -0.4 is 5.32 Å². The molecule has 1 rings (SSSR count). The molecule has 0 aliphatic rings. The number of Topliss-reactive ketones (excluding diaryl/α,β-unsaturated/α-hetero) is 1. The molecule has 0 aliphatic carbocycles. The van der Waals surface area contributed by atoms with Gasteiger partial charge in [-0.1, -0.05) is 30.3 Å². The Hall–Kier alpha value is -2.21. The van der Waals surface area contributed by atoms with E-state index in [0.29, 0.717) is 0 Å². The van der Waals surface area contributed by atoms with Crippen LogP contribution in [-0.2, 0) is 25.7 Å². The Kier molecular flexibility index (Phi) is 7.11. The number of aliphatic carboxylic acids is 1. The number of nitrogens with one attached hydrogen (secondary N) is 1. The first kappa shape index (κ1) is 16.8. The van der Waals surface area contributed by atoms with Gasteiger partial charge >= 0.3 is 5.97 Å². The fourth-order valence-corrected chi connectivity index (χ4v) is 1.68. The molecule has 0 bridgehead atoms. The van der Waals surface area contributed by atoms with Crippen molar-refractivity contribution in [1.82, 2.24) is 5.32 Å². The summed E-state index contributed by atoms with van der Waals surface area (Å²) in [5.74, 6) is -1.79. The maximum Gasteiger partial charge on any atom is 0.326 e. The third kappa shape index (κ3) is 7.22. The number of amides is 1. The molecule has 0 saturated heterocycles. The number of carbonyl (C=O) groups excluding carboxylic acids is 2. The lowest BCUT2D eigenvalue weighted by Gasteiger charge is -2.13. The average Bonchev–Trinajstić information content (AvgIpc) is 2.44. The summed E-state index contributed by atoms with van der Waals surface area (Å²) in [7, 11) is 0. The smallest absolute Gasteiger partial charge is 0.326 e.